The molecule has 0 spiro atoms. The summed E-state index contributed by atoms with van der Waals surface area (Å²) in [5.41, 5.74) is 12.9. The summed E-state index contributed by atoms with van der Waals surface area (Å²) in [6, 6.07) is 10.9. The highest BCUT2D eigenvalue weighted by molar-refractivity contribution is 9.10. The Bertz CT molecular complexity index is 895. The lowest BCUT2D eigenvalue weighted by Gasteiger charge is -2.14. The molecule has 8 nitrogen and oxygen atoms in total. The van der Waals surface area contributed by atoms with Crippen molar-refractivity contribution in [1.29, 1.82) is 0 Å². The van der Waals surface area contributed by atoms with Crippen molar-refractivity contribution in [3.05, 3.63) is 52.0 Å². The van der Waals surface area contributed by atoms with Gasteiger partial charge in [-0.05, 0) is 53.5 Å². The molecule has 0 saturated heterocycles. The monoisotopic (exact) mass is 447 g/mol. The van der Waals surface area contributed by atoms with E-state index in [2.05, 4.69) is 31.4 Å². The van der Waals surface area contributed by atoms with Crippen molar-refractivity contribution < 1.29 is 14.3 Å². The molecule has 5 N–H and O–H groups in total. The van der Waals surface area contributed by atoms with Gasteiger partial charge in [-0.15, -0.1) is 5.10 Å². The van der Waals surface area contributed by atoms with Crippen LogP contribution in [0, 0.1) is 6.92 Å². The molecule has 0 fully saturated rings. The Kier molecular flexibility index (Phi) is 7.82. The van der Waals surface area contributed by atoms with Gasteiger partial charge in [0.05, 0.1) is 12.8 Å². The van der Waals surface area contributed by atoms with Crippen molar-refractivity contribution in [2.45, 2.75) is 13.8 Å². The molecule has 28 heavy (non-hydrogen) atoms. The average molecular weight is 448 g/mol. The van der Waals surface area contributed by atoms with Crippen LogP contribution in [0.4, 0.5) is 5.69 Å². The molecule has 1 amide bonds. The van der Waals surface area contributed by atoms with Crippen molar-refractivity contribution >= 4 is 39.7 Å². The number of amides is 1. The van der Waals surface area contributed by atoms with Gasteiger partial charge in [-0.25, -0.2) is 0 Å². The van der Waals surface area contributed by atoms with E-state index in [9.17, 15) is 4.79 Å². The minimum absolute atomic E-state index is 0.142. The van der Waals surface area contributed by atoms with Gasteiger partial charge in [-0.1, -0.05) is 18.2 Å². The molecule has 0 bridgehead atoms. The number of ether oxygens (including phenoxy) is 2. The molecule has 0 atom stereocenters. The summed E-state index contributed by atoms with van der Waals surface area (Å²) in [6.45, 7) is 4.04. The second-order valence-electron chi connectivity index (χ2n) is 5.67. The quantitative estimate of drug-likeness (QED) is 0.326. The molecule has 0 unspecified atom stereocenters. The number of nitrogens with zero attached hydrogens (tertiary/aromatic N) is 2. The lowest BCUT2D eigenvalue weighted by atomic mass is 10.2. The van der Waals surface area contributed by atoms with Crippen LogP contribution in [-0.4, -0.2) is 31.3 Å². The van der Waals surface area contributed by atoms with Gasteiger partial charge in [0, 0.05) is 15.7 Å². The molecule has 0 aliphatic heterocycles. The predicted molar refractivity (Wildman–Crippen MR) is 114 cm³/mol. The summed E-state index contributed by atoms with van der Waals surface area (Å²) in [7, 11) is 0. The number of para-hydroxylation sites is 1. The van der Waals surface area contributed by atoms with Gasteiger partial charge >= 0.3 is 0 Å². The molecule has 0 heterocycles. The zero-order chi connectivity index (χ0) is 20.5. The first-order chi connectivity index (χ1) is 13.4. The maximum atomic E-state index is 12.2. The smallest absolute Gasteiger partial charge is 0.262 e. The van der Waals surface area contributed by atoms with E-state index in [4.69, 9.17) is 20.9 Å². The average Bonchev–Trinajstić information content (AvgIpc) is 2.64. The van der Waals surface area contributed by atoms with Crippen LogP contribution in [0.1, 0.15) is 18.1 Å². The van der Waals surface area contributed by atoms with Crippen LogP contribution in [0.2, 0.25) is 0 Å². The maximum Gasteiger partial charge on any atom is 0.262 e. The Balaban J connectivity index is 2.12. The maximum absolute atomic E-state index is 12.2. The summed E-state index contributed by atoms with van der Waals surface area (Å²) in [5.74, 6) is 0.483. The summed E-state index contributed by atoms with van der Waals surface area (Å²) in [4.78, 5) is 12.2. The molecule has 0 aromatic heterocycles. The van der Waals surface area contributed by atoms with Crippen LogP contribution in [-0.2, 0) is 4.79 Å². The molecule has 0 aliphatic rings. The number of guanidine groups is 1. The van der Waals surface area contributed by atoms with Gasteiger partial charge in [0.2, 0.25) is 5.96 Å². The molecular formula is C19H22BrN5O3. The van der Waals surface area contributed by atoms with Gasteiger partial charge in [0.1, 0.15) is 0 Å². The zero-order valence-corrected chi connectivity index (χ0v) is 17.2. The third-order valence-corrected chi connectivity index (χ3v) is 4.20. The highest BCUT2D eigenvalue weighted by atomic mass is 79.9. The minimum Gasteiger partial charge on any atom is -0.490 e. The molecule has 0 aliphatic carbocycles. The van der Waals surface area contributed by atoms with Crippen molar-refractivity contribution in [3.8, 4) is 11.5 Å². The third-order valence-electron chi connectivity index (χ3n) is 3.51. The number of aryl methyl sites for hydroxylation is 1. The number of hydrogen-bond acceptors (Lipinski definition) is 5. The SMILES string of the molecule is CCOc1cc(C=NN=C(N)N)c(Br)cc1OCC(=O)Nc1ccccc1C. The number of rotatable bonds is 8. The van der Waals surface area contributed by atoms with Crippen molar-refractivity contribution in [1.82, 2.24) is 0 Å². The van der Waals surface area contributed by atoms with Crippen LogP contribution in [0.15, 0.2) is 51.1 Å². The number of anilines is 1. The van der Waals surface area contributed by atoms with E-state index in [1.807, 2.05) is 38.1 Å². The molecule has 2 aromatic carbocycles. The standard InChI is InChI=1S/C19H22BrN5O3/c1-3-27-16-8-13(10-23-25-19(21)22)14(20)9-17(16)28-11-18(26)24-15-7-5-4-6-12(15)2/h4-10H,3,11H2,1-2H3,(H,24,26)(H4,21,22,25). The van der Waals surface area contributed by atoms with Crippen LogP contribution in [0.5, 0.6) is 11.5 Å². The zero-order valence-electron chi connectivity index (χ0n) is 15.6. The molecular weight excluding hydrogens is 426 g/mol. The van der Waals surface area contributed by atoms with E-state index >= 15 is 0 Å². The Morgan fingerprint density at radius 3 is 2.61 bits per heavy atom. The van der Waals surface area contributed by atoms with E-state index in [0.717, 1.165) is 11.3 Å². The third kappa shape index (κ3) is 6.27. The Hall–Kier alpha value is -3.07. The Morgan fingerprint density at radius 1 is 1.21 bits per heavy atom. The van der Waals surface area contributed by atoms with Crippen LogP contribution in [0.25, 0.3) is 0 Å². The van der Waals surface area contributed by atoms with Gasteiger partial charge < -0.3 is 26.3 Å². The number of halogens is 1. The first-order valence-corrected chi connectivity index (χ1v) is 9.26. The van der Waals surface area contributed by atoms with E-state index in [-0.39, 0.29) is 18.5 Å². The minimum atomic E-state index is -0.272. The molecule has 0 radical (unpaired) electrons. The second kappa shape index (κ2) is 10.3. The fourth-order valence-corrected chi connectivity index (χ4v) is 2.66. The fourth-order valence-electron chi connectivity index (χ4n) is 2.23. The Labute approximate surface area is 171 Å². The molecule has 0 saturated carbocycles. The molecule has 148 valence electrons. The number of carbonyl (C=O) groups excluding carboxylic acids is 1. The fraction of sp³-hybridized carbons (Fsp3) is 0.211. The van der Waals surface area contributed by atoms with E-state index in [0.29, 0.717) is 28.1 Å². The van der Waals surface area contributed by atoms with Crippen LogP contribution < -0.4 is 26.3 Å². The first kappa shape index (κ1) is 21.2. The van der Waals surface area contributed by atoms with Crippen molar-refractivity contribution in [2.75, 3.05) is 18.5 Å². The summed E-state index contributed by atoms with van der Waals surface area (Å²) in [6.07, 6.45) is 1.47. The number of nitrogens with one attached hydrogen (secondary N) is 1. The number of benzene rings is 2. The number of hydrogen-bond donors (Lipinski definition) is 3. The normalized spacial score (nSPS) is 10.5. The first-order valence-electron chi connectivity index (χ1n) is 8.47. The van der Waals surface area contributed by atoms with E-state index in [1.165, 1.54) is 6.21 Å². The van der Waals surface area contributed by atoms with Gasteiger partial charge in [0.15, 0.2) is 18.1 Å². The van der Waals surface area contributed by atoms with Crippen molar-refractivity contribution in [2.24, 2.45) is 21.7 Å². The summed E-state index contributed by atoms with van der Waals surface area (Å²) in [5, 5.41) is 10.2. The van der Waals surface area contributed by atoms with E-state index in [1.54, 1.807) is 12.1 Å². The van der Waals surface area contributed by atoms with Crippen LogP contribution in [0.3, 0.4) is 0 Å². The lowest BCUT2D eigenvalue weighted by molar-refractivity contribution is -0.118. The predicted octanol–water partition coefficient (Wildman–Crippen LogP) is 2.78. The molecule has 2 aromatic rings. The summed E-state index contributed by atoms with van der Waals surface area (Å²) < 4.78 is 11.9. The topological polar surface area (TPSA) is 124 Å². The highest BCUT2D eigenvalue weighted by Crippen LogP contribution is 2.33. The van der Waals surface area contributed by atoms with E-state index < -0.39 is 0 Å². The largest absolute Gasteiger partial charge is 0.490 e. The van der Waals surface area contributed by atoms with Crippen LogP contribution >= 0.6 is 15.9 Å². The van der Waals surface area contributed by atoms with Crippen molar-refractivity contribution in [3.63, 3.8) is 0 Å². The number of nitrogens with two attached hydrogens (primary N) is 2. The number of carbonyl (C=O) groups is 1. The molecule has 9 heteroatoms. The highest BCUT2D eigenvalue weighted by Gasteiger charge is 2.12. The lowest BCUT2D eigenvalue weighted by Crippen LogP contribution is -2.21. The summed E-state index contributed by atoms with van der Waals surface area (Å²) >= 11 is 3.43. The van der Waals surface area contributed by atoms with Gasteiger partial charge in [-0.3, -0.25) is 4.79 Å². The van der Waals surface area contributed by atoms with Gasteiger partial charge in [-0.2, -0.15) is 5.10 Å². The second-order valence-corrected chi connectivity index (χ2v) is 6.53. The Morgan fingerprint density at radius 2 is 1.93 bits per heavy atom. The van der Waals surface area contributed by atoms with Gasteiger partial charge in [0.25, 0.3) is 5.91 Å². The molecule has 2 rings (SSSR count).